The lowest BCUT2D eigenvalue weighted by molar-refractivity contribution is -0.127. The highest BCUT2D eigenvalue weighted by Crippen LogP contribution is 2.34. The molecule has 0 saturated heterocycles. The zero-order chi connectivity index (χ0) is 17.9. The molecule has 0 aromatic heterocycles. The lowest BCUT2D eigenvalue weighted by atomic mass is 10.1. The highest BCUT2D eigenvalue weighted by atomic mass is 32.2. The Morgan fingerprint density at radius 1 is 1.16 bits per heavy atom. The Bertz CT molecular complexity index is 852. The van der Waals surface area contributed by atoms with Gasteiger partial charge in [0.05, 0.1) is 18.5 Å². The molecule has 1 amide bonds. The fourth-order valence-electron chi connectivity index (χ4n) is 2.74. The van der Waals surface area contributed by atoms with E-state index in [1.807, 2.05) is 30.3 Å². The van der Waals surface area contributed by atoms with Crippen LogP contribution in [0.5, 0.6) is 5.75 Å². The third kappa shape index (κ3) is 4.11. The maximum absolute atomic E-state index is 12.4. The van der Waals surface area contributed by atoms with Gasteiger partial charge in [-0.05, 0) is 24.1 Å². The van der Waals surface area contributed by atoms with Crippen LogP contribution in [0.1, 0.15) is 5.56 Å². The van der Waals surface area contributed by atoms with Crippen molar-refractivity contribution in [2.45, 2.75) is 12.5 Å². The lowest BCUT2D eigenvalue weighted by Crippen LogP contribution is -2.50. The van der Waals surface area contributed by atoms with Gasteiger partial charge in [0.1, 0.15) is 5.75 Å². The maximum atomic E-state index is 12.4. The fourth-order valence-corrected chi connectivity index (χ4v) is 3.66. The van der Waals surface area contributed by atoms with Crippen molar-refractivity contribution in [2.24, 2.45) is 0 Å². The van der Waals surface area contributed by atoms with Crippen molar-refractivity contribution >= 4 is 21.6 Å². The van der Waals surface area contributed by atoms with Crippen LogP contribution in [0, 0.1) is 0 Å². The van der Waals surface area contributed by atoms with Crippen molar-refractivity contribution in [3.05, 3.63) is 60.2 Å². The molecule has 1 atom stereocenters. The molecule has 132 valence electrons. The highest BCUT2D eigenvalue weighted by Gasteiger charge is 2.34. The second-order valence-electron chi connectivity index (χ2n) is 5.89. The van der Waals surface area contributed by atoms with Crippen LogP contribution in [0.2, 0.25) is 0 Å². The number of fused-ring (bicyclic) bond motifs is 1. The van der Waals surface area contributed by atoms with Crippen molar-refractivity contribution in [3.8, 4) is 5.75 Å². The number of nitrogens with zero attached hydrogens (tertiary/aromatic N) is 1. The quantitative estimate of drug-likeness (QED) is 0.878. The molecule has 1 aliphatic rings. The summed E-state index contributed by atoms with van der Waals surface area (Å²) >= 11 is 0. The van der Waals surface area contributed by atoms with E-state index >= 15 is 0 Å². The molecule has 0 bridgehead atoms. The molecule has 2 aromatic rings. The predicted molar refractivity (Wildman–Crippen MR) is 96.2 cm³/mol. The molecule has 0 aliphatic carbocycles. The zero-order valence-electron chi connectivity index (χ0n) is 13.9. The zero-order valence-corrected chi connectivity index (χ0v) is 14.7. The molecule has 6 nitrogen and oxygen atoms in total. The Morgan fingerprint density at radius 3 is 2.56 bits per heavy atom. The number of carbonyl (C=O) groups is 1. The van der Waals surface area contributed by atoms with Crippen molar-refractivity contribution in [1.29, 1.82) is 0 Å². The van der Waals surface area contributed by atoms with E-state index in [-0.39, 0.29) is 12.5 Å². The number of carbonyl (C=O) groups excluding carboxylic acids is 1. The minimum atomic E-state index is -3.50. The number of ether oxygens (including phenoxy) is 1. The molecular formula is C18H20N2O4S. The number of sulfonamides is 1. The van der Waals surface area contributed by atoms with E-state index in [0.29, 0.717) is 24.4 Å². The number of amides is 1. The minimum Gasteiger partial charge on any atom is -0.476 e. The summed E-state index contributed by atoms with van der Waals surface area (Å²) < 4.78 is 31.0. The van der Waals surface area contributed by atoms with E-state index < -0.39 is 16.1 Å². The summed E-state index contributed by atoms with van der Waals surface area (Å²) in [6.07, 6.45) is 0.950. The lowest BCUT2D eigenvalue weighted by Gasteiger charge is -2.33. The smallest absolute Gasteiger partial charge is 0.263 e. The SMILES string of the molecule is CS(=O)(=O)N1C[C@H](C(=O)NCCc2ccccc2)Oc2ccccc21. The van der Waals surface area contributed by atoms with Gasteiger partial charge in [-0.25, -0.2) is 8.42 Å². The van der Waals surface area contributed by atoms with Crippen molar-refractivity contribution in [2.75, 3.05) is 23.7 Å². The molecule has 2 aromatic carbocycles. The van der Waals surface area contributed by atoms with Gasteiger partial charge in [-0.1, -0.05) is 42.5 Å². The normalized spacial score (nSPS) is 16.7. The van der Waals surface area contributed by atoms with Gasteiger partial charge in [0.2, 0.25) is 10.0 Å². The van der Waals surface area contributed by atoms with Crippen LogP contribution in [-0.2, 0) is 21.2 Å². The molecule has 7 heteroatoms. The number of benzene rings is 2. The molecule has 3 rings (SSSR count). The van der Waals surface area contributed by atoms with Crippen LogP contribution in [0.15, 0.2) is 54.6 Å². The van der Waals surface area contributed by atoms with E-state index in [1.54, 1.807) is 24.3 Å². The topological polar surface area (TPSA) is 75.7 Å². The minimum absolute atomic E-state index is 0.0347. The Balaban J connectivity index is 1.67. The number of hydrogen-bond acceptors (Lipinski definition) is 4. The number of hydrogen-bond donors (Lipinski definition) is 1. The van der Waals surface area contributed by atoms with Crippen molar-refractivity contribution in [3.63, 3.8) is 0 Å². The summed E-state index contributed by atoms with van der Waals surface area (Å²) in [5.74, 6) is 0.0708. The first kappa shape index (κ1) is 17.3. The first-order valence-electron chi connectivity index (χ1n) is 8.00. The van der Waals surface area contributed by atoms with Gasteiger partial charge < -0.3 is 10.1 Å². The standard InChI is InChI=1S/C18H20N2O4S/c1-25(22,23)20-13-17(24-16-10-6-5-9-15(16)20)18(21)19-12-11-14-7-3-2-4-8-14/h2-10,17H,11-13H2,1H3,(H,19,21)/t17-/m1/s1. The van der Waals surface area contributed by atoms with E-state index in [9.17, 15) is 13.2 Å². The van der Waals surface area contributed by atoms with E-state index in [1.165, 1.54) is 4.31 Å². The second-order valence-corrected chi connectivity index (χ2v) is 7.80. The molecule has 1 aliphatic heterocycles. The molecular weight excluding hydrogens is 340 g/mol. The van der Waals surface area contributed by atoms with Crippen molar-refractivity contribution in [1.82, 2.24) is 5.32 Å². The molecule has 0 unspecified atom stereocenters. The van der Waals surface area contributed by atoms with Crippen LogP contribution in [-0.4, -0.2) is 39.8 Å². The first-order chi connectivity index (χ1) is 11.9. The van der Waals surface area contributed by atoms with E-state index in [0.717, 1.165) is 11.8 Å². The van der Waals surface area contributed by atoms with Crippen LogP contribution >= 0.6 is 0 Å². The van der Waals surface area contributed by atoms with Crippen molar-refractivity contribution < 1.29 is 17.9 Å². The van der Waals surface area contributed by atoms with Gasteiger partial charge in [0.25, 0.3) is 5.91 Å². The van der Waals surface area contributed by atoms with E-state index in [4.69, 9.17) is 4.74 Å². The second kappa shape index (κ2) is 7.14. The maximum Gasteiger partial charge on any atom is 0.263 e. The summed E-state index contributed by atoms with van der Waals surface area (Å²) in [7, 11) is -3.50. The number of anilines is 1. The summed E-state index contributed by atoms with van der Waals surface area (Å²) in [6, 6.07) is 16.6. The Labute approximate surface area is 147 Å². The molecule has 1 heterocycles. The van der Waals surface area contributed by atoms with Crippen LogP contribution in [0.4, 0.5) is 5.69 Å². The Kier molecular flexibility index (Phi) is 4.94. The largest absolute Gasteiger partial charge is 0.476 e. The summed E-state index contributed by atoms with van der Waals surface area (Å²) in [6.45, 7) is 0.427. The van der Waals surface area contributed by atoms with Gasteiger partial charge in [0.15, 0.2) is 6.10 Å². The molecule has 0 fully saturated rings. The van der Waals surface area contributed by atoms with Crippen LogP contribution in [0.25, 0.3) is 0 Å². The monoisotopic (exact) mass is 360 g/mol. The summed E-state index contributed by atoms with van der Waals surface area (Å²) in [4.78, 5) is 12.4. The summed E-state index contributed by atoms with van der Waals surface area (Å²) in [5.41, 5.74) is 1.58. The first-order valence-corrected chi connectivity index (χ1v) is 9.85. The van der Waals surface area contributed by atoms with Gasteiger partial charge in [-0.3, -0.25) is 9.10 Å². The summed E-state index contributed by atoms with van der Waals surface area (Å²) in [5, 5.41) is 2.82. The molecule has 25 heavy (non-hydrogen) atoms. The van der Waals surface area contributed by atoms with E-state index in [2.05, 4.69) is 5.32 Å². The number of nitrogens with one attached hydrogen (secondary N) is 1. The Hall–Kier alpha value is -2.54. The average Bonchev–Trinajstić information content (AvgIpc) is 2.60. The number of para-hydroxylation sites is 2. The Morgan fingerprint density at radius 2 is 1.84 bits per heavy atom. The fraction of sp³-hybridized carbons (Fsp3) is 0.278. The highest BCUT2D eigenvalue weighted by molar-refractivity contribution is 7.92. The number of rotatable bonds is 5. The van der Waals surface area contributed by atoms with Gasteiger partial charge in [-0.15, -0.1) is 0 Å². The van der Waals surface area contributed by atoms with Crippen LogP contribution < -0.4 is 14.4 Å². The van der Waals surface area contributed by atoms with Gasteiger partial charge in [0, 0.05) is 6.54 Å². The molecule has 1 N–H and O–H groups in total. The average molecular weight is 360 g/mol. The van der Waals surface area contributed by atoms with Gasteiger partial charge >= 0.3 is 0 Å². The predicted octanol–water partition coefficient (Wildman–Crippen LogP) is 1.57. The third-order valence-electron chi connectivity index (χ3n) is 3.98. The molecule has 0 radical (unpaired) electrons. The van der Waals surface area contributed by atoms with Crippen LogP contribution in [0.3, 0.4) is 0 Å². The van der Waals surface area contributed by atoms with Gasteiger partial charge in [-0.2, -0.15) is 0 Å². The molecule has 0 spiro atoms. The molecule has 0 saturated carbocycles. The third-order valence-corrected chi connectivity index (χ3v) is 5.13.